The van der Waals surface area contributed by atoms with Crippen molar-refractivity contribution in [2.24, 2.45) is 0 Å². The van der Waals surface area contributed by atoms with Crippen molar-refractivity contribution in [1.29, 1.82) is 0 Å². The van der Waals surface area contributed by atoms with Crippen LogP contribution in [0.25, 0.3) is 6.08 Å². The molecule has 1 N–H and O–H groups in total. The molecule has 0 bridgehead atoms. The highest BCUT2D eigenvalue weighted by molar-refractivity contribution is 5.47. The standard InChI is InChI=1S/C11H13NO/c1-3-10-5-7-11(8-6-10)9-13-12-4-2/h3-8,12H,1-2,9H2. The molecule has 13 heavy (non-hydrogen) atoms. The van der Waals surface area contributed by atoms with Crippen molar-refractivity contribution in [3.8, 4) is 0 Å². The molecule has 0 spiro atoms. The third-order valence-electron chi connectivity index (χ3n) is 1.62. The highest BCUT2D eigenvalue weighted by atomic mass is 16.6. The lowest BCUT2D eigenvalue weighted by Crippen LogP contribution is -2.05. The van der Waals surface area contributed by atoms with Gasteiger partial charge in [-0.2, -0.15) is 0 Å². The molecule has 1 aromatic rings. The molecule has 0 atom stereocenters. The zero-order valence-electron chi connectivity index (χ0n) is 7.49. The second-order valence-corrected chi connectivity index (χ2v) is 2.56. The zero-order chi connectivity index (χ0) is 9.52. The maximum Gasteiger partial charge on any atom is 0.0996 e. The molecule has 0 aromatic heterocycles. The molecule has 0 aliphatic carbocycles. The minimum absolute atomic E-state index is 0.531. The summed E-state index contributed by atoms with van der Waals surface area (Å²) in [5, 5.41) is 0. The molecule has 2 heteroatoms. The summed E-state index contributed by atoms with van der Waals surface area (Å²) in [4.78, 5) is 5.05. The smallest absolute Gasteiger partial charge is 0.0996 e. The number of nitrogens with one attached hydrogen (secondary N) is 1. The number of hydrogen-bond donors (Lipinski definition) is 1. The Morgan fingerprint density at radius 2 is 1.92 bits per heavy atom. The summed E-state index contributed by atoms with van der Waals surface area (Å²) in [6.45, 7) is 7.68. The Bertz CT molecular complexity index is 277. The first-order valence-corrected chi connectivity index (χ1v) is 4.06. The lowest BCUT2D eigenvalue weighted by atomic mass is 10.1. The fraction of sp³-hybridized carbons (Fsp3) is 0.0909. The van der Waals surface area contributed by atoms with E-state index in [0.717, 1.165) is 11.1 Å². The molecule has 0 aliphatic heterocycles. The van der Waals surface area contributed by atoms with E-state index < -0.39 is 0 Å². The number of hydrogen-bond acceptors (Lipinski definition) is 2. The molecule has 0 unspecified atom stereocenters. The van der Waals surface area contributed by atoms with Gasteiger partial charge in [-0.05, 0) is 11.1 Å². The van der Waals surface area contributed by atoms with Gasteiger partial charge < -0.3 is 0 Å². The average molecular weight is 175 g/mol. The number of rotatable bonds is 5. The van der Waals surface area contributed by atoms with Gasteiger partial charge in [0.05, 0.1) is 6.61 Å². The van der Waals surface area contributed by atoms with Crippen LogP contribution in [0, 0.1) is 0 Å². The van der Waals surface area contributed by atoms with E-state index in [2.05, 4.69) is 18.6 Å². The molecule has 0 saturated carbocycles. The Labute approximate surface area is 78.5 Å². The van der Waals surface area contributed by atoms with Crippen LogP contribution in [0.2, 0.25) is 0 Å². The first-order valence-electron chi connectivity index (χ1n) is 4.06. The summed E-state index contributed by atoms with van der Waals surface area (Å²) in [6.07, 6.45) is 3.31. The predicted molar refractivity (Wildman–Crippen MR) is 54.7 cm³/mol. The predicted octanol–water partition coefficient (Wildman–Crippen LogP) is 2.49. The molecule has 0 heterocycles. The van der Waals surface area contributed by atoms with Crippen molar-refractivity contribution in [2.75, 3.05) is 0 Å². The van der Waals surface area contributed by atoms with Gasteiger partial charge in [-0.25, -0.2) is 0 Å². The Hall–Kier alpha value is -1.54. The van der Waals surface area contributed by atoms with E-state index in [4.69, 9.17) is 4.84 Å². The lowest BCUT2D eigenvalue weighted by molar-refractivity contribution is 0.0578. The minimum atomic E-state index is 0.531. The molecule has 0 amide bonds. The quantitative estimate of drug-likeness (QED) is 0.548. The monoisotopic (exact) mass is 175 g/mol. The van der Waals surface area contributed by atoms with Crippen LogP contribution in [-0.2, 0) is 11.4 Å². The molecule has 0 saturated heterocycles. The molecular weight excluding hydrogens is 162 g/mol. The van der Waals surface area contributed by atoms with Crippen molar-refractivity contribution >= 4 is 6.08 Å². The summed E-state index contributed by atoms with van der Waals surface area (Å²) in [7, 11) is 0. The number of hydroxylamine groups is 1. The van der Waals surface area contributed by atoms with E-state index >= 15 is 0 Å². The highest BCUT2D eigenvalue weighted by Gasteiger charge is 1.91. The van der Waals surface area contributed by atoms with Crippen molar-refractivity contribution < 1.29 is 4.84 Å². The van der Waals surface area contributed by atoms with Crippen LogP contribution in [0.5, 0.6) is 0 Å². The third kappa shape index (κ3) is 3.13. The molecule has 0 fully saturated rings. The SMILES string of the molecule is C=CNOCc1ccc(C=C)cc1. The molecule has 1 aromatic carbocycles. The molecular formula is C11H13NO. The molecule has 2 nitrogen and oxygen atoms in total. The van der Waals surface area contributed by atoms with Crippen molar-refractivity contribution in [1.82, 2.24) is 5.48 Å². The Kier molecular flexibility index (Phi) is 3.79. The minimum Gasteiger partial charge on any atom is -0.275 e. The van der Waals surface area contributed by atoms with Gasteiger partial charge in [-0.1, -0.05) is 43.5 Å². The Morgan fingerprint density at radius 1 is 1.23 bits per heavy atom. The molecule has 68 valence electrons. The van der Waals surface area contributed by atoms with Crippen LogP contribution in [0.3, 0.4) is 0 Å². The second kappa shape index (κ2) is 5.17. The van der Waals surface area contributed by atoms with E-state index in [1.54, 1.807) is 0 Å². The van der Waals surface area contributed by atoms with Gasteiger partial charge in [-0.3, -0.25) is 10.3 Å². The van der Waals surface area contributed by atoms with Crippen LogP contribution in [0.1, 0.15) is 11.1 Å². The third-order valence-corrected chi connectivity index (χ3v) is 1.62. The van der Waals surface area contributed by atoms with E-state index in [0.29, 0.717) is 6.61 Å². The van der Waals surface area contributed by atoms with Crippen molar-refractivity contribution in [2.45, 2.75) is 6.61 Å². The van der Waals surface area contributed by atoms with Crippen LogP contribution in [0.4, 0.5) is 0 Å². The van der Waals surface area contributed by atoms with Gasteiger partial charge >= 0.3 is 0 Å². The van der Waals surface area contributed by atoms with Crippen LogP contribution < -0.4 is 5.48 Å². The second-order valence-electron chi connectivity index (χ2n) is 2.56. The number of benzene rings is 1. The largest absolute Gasteiger partial charge is 0.275 e. The molecule has 1 rings (SSSR count). The van der Waals surface area contributed by atoms with Crippen molar-refractivity contribution in [3.05, 3.63) is 54.8 Å². The van der Waals surface area contributed by atoms with Crippen LogP contribution >= 0.6 is 0 Å². The lowest BCUT2D eigenvalue weighted by Gasteiger charge is -2.02. The molecule has 0 radical (unpaired) electrons. The molecule has 0 aliphatic rings. The topological polar surface area (TPSA) is 21.3 Å². The van der Waals surface area contributed by atoms with Crippen molar-refractivity contribution in [3.63, 3.8) is 0 Å². The zero-order valence-corrected chi connectivity index (χ0v) is 7.49. The Morgan fingerprint density at radius 3 is 2.46 bits per heavy atom. The first-order chi connectivity index (χ1) is 6.36. The Balaban J connectivity index is 2.48. The maximum absolute atomic E-state index is 5.05. The van der Waals surface area contributed by atoms with Gasteiger partial charge in [0.25, 0.3) is 0 Å². The summed E-state index contributed by atoms with van der Waals surface area (Å²) < 4.78 is 0. The van der Waals surface area contributed by atoms with E-state index in [1.165, 1.54) is 6.20 Å². The van der Waals surface area contributed by atoms with E-state index in [9.17, 15) is 0 Å². The summed E-state index contributed by atoms with van der Waals surface area (Å²) in [5.41, 5.74) is 4.79. The van der Waals surface area contributed by atoms with Crippen LogP contribution in [-0.4, -0.2) is 0 Å². The van der Waals surface area contributed by atoms with E-state index in [-0.39, 0.29) is 0 Å². The van der Waals surface area contributed by atoms with Crippen LogP contribution in [0.15, 0.2) is 43.6 Å². The fourth-order valence-electron chi connectivity index (χ4n) is 0.934. The first kappa shape index (κ1) is 9.55. The average Bonchev–Trinajstić information content (AvgIpc) is 2.19. The summed E-state index contributed by atoms with van der Waals surface area (Å²) >= 11 is 0. The summed E-state index contributed by atoms with van der Waals surface area (Å²) in [6, 6.07) is 8.00. The van der Waals surface area contributed by atoms with Gasteiger partial charge in [0.15, 0.2) is 0 Å². The van der Waals surface area contributed by atoms with E-state index in [1.807, 2.05) is 30.3 Å². The van der Waals surface area contributed by atoms with Gasteiger partial charge in [0, 0.05) is 6.20 Å². The van der Waals surface area contributed by atoms with Gasteiger partial charge in [0.1, 0.15) is 0 Å². The maximum atomic E-state index is 5.05. The highest BCUT2D eigenvalue weighted by Crippen LogP contribution is 2.05. The fourth-order valence-corrected chi connectivity index (χ4v) is 0.934. The van der Waals surface area contributed by atoms with Gasteiger partial charge in [0.2, 0.25) is 0 Å². The summed E-state index contributed by atoms with van der Waals surface area (Å²) in [5.74, 6) is 0. The normalized spacial score (nSPS) is 9.23. The van der Waals surface area contributed by atoms with Gasteiger partial charge in [-0.15, -0.1) is 0 Å².